The Morgan fingerprint density at radius 1 is 1.38 bits per heavy atom. The summed E-state index contributed by atoms with van der Waals surface area (Å²) >= 11 is 6.20. The van der Waals surface area contributed by atoms with E-state index in [1.807, 2.05) is 6.07 Å². The highest BCUT2D eigenvalue weighted by atomic mass is 35.5. The minimum absolute atomic E-state index is 0.00226. The van der Waals surface area contributed by atoms with E-state index in [2.05, 4.69) is 9.88 Å². The van der Waals surface area contributed by atoms with Crippen LogP contribution in [0.5, 0.6) is 0 Å². The molecule has 0 aromatic carbocycles. The summed E-state index contributed by atoms with van der Waals surface area (Å²) in [6.07, 6.45) is 6.18. The Kier molecular flexibility index (Phi) is 4.31. The molecule has 0 saturated carbocycles. The molecule has 2 saturated heterocycles. The van der Waals surface area contributed by atoms with Gasteiger partial charge in [0.05, 0.1) is 22.7 Å². The first-order valence-corrected chi connectivity index (χ1v) is 7.80. The molecule has 0 unspecified atom stereocenters. The van der Waals surface area contributed by atoms with E-state index in [0.717, 1.165) is 38.0 Å². The normalized spacial score (nSPS) is 27.0. The summed E-state index contributed by atoms with van der Waals surface area (Å²) in [5.41, 5.74) is 6.51. The van der Waals surface area contributed by atoms with Gasteiger partial charge in [-0.05, 0) is 31.2 Å². The van der Waals surface area contributed by atoms with Gasteiger partial charge < -0.3 is 15.4 Å². The maximum Gasteiger partial charge on any atom is 0.223 e. The van der Waals surface area contributed by atoms with Crippen LogP contribution in [0.1, 0.15) is 19.3 Å². The molecule has 114 valence electrons. The second-order valence-corrected chi connectivity index (χ2v) is 6.19. The van der Waals surface area contributed by atoms with Crippen molar-refractivity contribution in [3.63, 3.8) is 0 Å². The Labute approximate surface area is 129 Å². The first-order chi connectivity index (χ1) is 10.2. The summed E-state index contributed by atoms with van der Waals surface area (Å²) < 4.78 is 5.78. The molecule has 2 aliphatic heterocycles. The van der Waals surface area contributed by atoms with Crippen molar-refractivity contribution in [2.75, 3.05) is 24.6 Å². The van der Waals surface area contributed by atoms with Crippen molar-refractivity contribution in [2.24, 2.45) is 17.6 Å². The third kappa shape index (κ3) is 2.99. The summed E-state index contributed by atoms with van der Waals surface area (Å²) in [6.45, 7) is 2.48. The molecule has 1 aromatic heterocycles. The number of primary amides is 1. The van der Waals surface area contributed by atoms with Crippen molar-refractivity contribution in [1.82, 2.24) is 4.98 Å². The van der Waals surface area contributed by atoms with E-state index < -0.39 is 0 Å². The van der Waals surface area contributed by atoms with Crippen LogP contribution in [0.25, 0.3) is 0 Å². The quantitative estimate of drug-likeness (QED) is 0.925. The largest absolute Gasteiger partial charge is 0.377 e. The predicted octanol–water partition coefficient (Wildman–Crippen LogP) is 1.84. The number of anilines is 1. The molecule has 3 heterocycles. The van der Waals surface area contributed by atoms with Crippen molar-refractivity contribution in [1.29, 1.82) is 0 Å². The fourth-order valence-electron chi connectivity index (χ4n) is 3.47. The zero-order valence-electron chi connectivity index (χ0n) is 11.9. The molecule has 2 atom stereocenters. The summed E-state index contributed by atoms with van der Waals surface area (Å²) in [5.74, 6) is 0.0602. The molecule has 0 radical (unpaired) electrons. The molecule has 2 N–H and O–H groups in total. The van der Waals surface area contributed by atoms with Gasteiger partial charge in [-0.25, -0.2) is 0 Å². The van der Waals surface area contributed by atoms with Gasteiger partial charge in [-0.1, -0.05) is 11.6 Å². The smallest absolute Gasteiger partial charge is 0.223 e. The van der Waals surface area contributed by atoms with E-state index in [0.29, 0.717) is 17.5 Å². The topological polar surface area (TPSA) is 68.5 Å². The van der Waals surface area contributed by atoms with Crippen LogP contribution in [-0.2, 0) is 9.53 Å². The van der Waals surface area contributed by atoms with Crippen LogP contribution in [0.4, 0.5) is 5.69 Å². The van der Waals surface area contributed by atoms with Crippen LogP contribution >= 0.6 is 11.6 Å². The molecule has 5 nitrogen and oxygen atoms in total. The van der Waals surface area contributed by atoms with E-state index in [9.17, 15) is 4.79 Å². The second-order valence-electron chi connectivity index (χ2n) is 5.78. The van der Waals surface area contributed by atoms with Gasteiger partial charge in [-0.2, -0.15) is 0 Å². The Morgan fingerprint density at radius 3 is 2.81 bits per heavy atom. The van der Waals surface area contributed by atoms with Gasteiger partial charge >= 0.3 is 0 Å². The van der Waals surface area contributed by atoms with E-state index in [1.165, 1.54) is 0 Å². The lowest BCUT2D eigenvalue weighted by molar-refractivity contribution is -0.124. The second kappa shape index (κ2) is 6.20. The van der Waals surface area contributed by atoms with Crippen molar-refractivity contribution in [3.8, 4) is 0 Å². The Hall–Kier alpha value is -1.33. The minimum Gasteiger partial charge on any atom is -0.377 e. The van der Waals surface area contributed by atoms with Gasteiger partial charge in [-0.3, -0.25) is 9.78 Å². The summed E-state index contributed by atoms with van der Waals surface area (Å²) in [5, 5.41) is 0.683. The number of ether oxygens (including phenoxy) is 1. The molecule has 2 aliphatic rings. The van der Waals surface area contributed by atoms with Gasteiger partial charge in [0.15, 0.2) is 0 Å². The molecule has 21 heavy (non-hydrogen) atoms. The van der Waals surface area contributed by atoms with E-state index >= 15 is 0 Å². The zero-order chi connectivity index (χ0) is 14.8. The summed E-state index contributed by atoms with van der Waals surface area (Å²) in [4.78, 5) is 17.8. The van der Waals surface area contributed by atoms with E-state index in [-0.39, 0.29) is 17.9 Å². The van der Waals surface area contributed by atoms with Gasteiger partial charge in [0.1, 0.15) is 0 Å². The number of piperidine rings is 1. The third-order valence-corrected chi connectivity index (χ3v) is 4.89. The lowest BCUT2D eigenvalue weighted by Crippen LogP contribution is -2.42. The number of hydrogen-bond donors (Lipinski definition) is 1. The maximum atomic E-state index is 11.5. The van der Waals surface area contributed by atoms with Gasteiger partial charge in [0.2, 0.25) is 5.91 Å². The lowest BCUT2D eigenvalue weighted by Gasteiger charge is -2.37. The molecule has 2 fully saturated rings. The average molecular weight is 310 g/mol. The summed E-state index contributed by atoms with van der Waals surface area (Å²) in [7, 11) is 0. The lowest BCUT2D eigenvalue weighted by atomic mass is 9.84. The maximum absolute atomic E-state index is 11.5. The number of nitrogens with zero attached hydrogens (tertiary/aromatic N) is 2. The summed E-state index contributed by atoms with van der Waals surface area (Å²) in [6, 6.07) is 1.95. The van der Waals surface area contributed by atoms with Crippen LogP contribution in [0, 0.1) is 11.8 Å². The number of halogens is 1. The molecule has 0 bridgehead atoms. The first-order valence-electron chi connectivity index (χ1n) is 7.42. The van der Waals surface area contributed by atoms with Crippen LogP contribution < -0.4 is 10.6 Å². The molecular weight excluding hydrogens is 290 g/mol. The van der Waals surface area contributed by atoms with Crippen LogP contribution in [0.2, 0.25) is 5.02 Å². The molecular formula is C15H20ClN3O2. The van der Waals surface area contributed by atoms with Crippen LogP contribution in [0.3, 0.4) is 0 Å². The van der Waals surface area contributed by atoms with Gasteiger partial charge in [0.25, 0.3) is 0 Å². The molecule has 1 aromatic rings. The standard InChI is InChI=1S/C15H20ClN3O2/c16-12-9-18-5-1-13(12)19-6-2-10(3-7-19)14-11(15(17)20)4-8-21-14/h1,5,9-11,14H,2-4,6-8H2,(H2,17,20)/t11-,14+/m0/s1. The molecule has 0 aliphatic carbocycles. The number of carbonyl (C=O) groups excluding carboxylic acids is 1. The fourth-order valence-corrected chi connectivity index (χ4v) is 3.71. The predicted molar refractivity (Wildman–Crippen MR) is 81.2 cm³/mol. The molecule has 1 amide bonds. The SMILES string of the molecule is NC(=O)[C@H]1CCO[C@@H]1C1CCN(c2ccncc2Cl)CC1. The highest BCUT2D eigenvalue weighted by Gasteiger charge is 2.39. The van der Waals surface area contributed by atoms with Crippen molar-refractivity contribution < 1.29 is 9.53 Å². The molecule has 6 heteroatoms. The highest BCUT2D eigenvalue weighted by Crippen LogP contribution is 2.35. The van der Waals surface area contributed by atoms with Crippen molar-refractivity contribution in [2.45, 2.75) is 25.4 Å². The Balaban J connectivity index is 1.63. The number of aromatic nitrogens is 1. The third-order valence-electron chi connectivity index (χ3n) is 4.60. The average Bonchev–Trinajstić information content (AvgIpc) is 2.98. The fraction of sp³-hybridized carbons (Fsp3) is 0.600. The molecule has 0 spiro atoms. The van der Waals surface area contributed by atoms with Crippen LogP contribution in [-0.4, -0.2) is 36.7 Å². The number of nitrogens with two attached hydrogens (primary N) is 1. The number of pyridine rings is 1. The Morgan fingerprint density at radius 2 is 2.14 bits per heavy atom. The number of hydrogen-bond acceptors (Lipinski definition) is 4. The highest BCUT2D eigenvalue weighted by molar-refractivity contribution is 6.33. The van der Waals surface area contributed by atoms with Gasteiger partial charge in [0, 0.05) is 32.1 Å². The van der Waals surface area contributed by atoms with E-state index in [1.54, 1.807) is 12.4 Å². The van der Waals surface area contributed by atoms with E-state index in [4.69, 9.17) is 22.1 Å². The monoisotopic (exact) mass is 309 g/mol. The van der Waals surface area contributed by atoms with Gasteiger partial charge in [-0.15, -0.1) is 0 Å². The first kappa shape index (κ1) is 14.6. The number of rotatable bonds is 3. The Bertz CT molecular complexity index is 517. The van der Waals surface area contributed by atoms with Crippen LogP contribution in [0.15, 0.2) is 18.5 Å². The number of carbonyl (C=O) groups is 1. The van der Waals surface area contributed by atoms with Crippen molar-refractivity contribution in [3.05, 3.63) is 23.5 Å². The number of amides is 1. The zero-order valence-corrected chi connectivity index (χ0v) is 12.6. The minimum atomic E-state index is -0.225. The molecule has 3 rings (SSSR count). The van der Waals surface area contributed by atoms with Crippen molar-refractivity contribution >= 4 is 23.2 Å².